The van der Waals surface area contributed by atoms with E-state index in [4.69, 9.17) is 0 Å². The quantitative estimate of drug-likeness (QED) is 0.916. The van der Waals surface area contributed by atoms with E-state index in [1.165, 1.54) is 12.1 Å². The summed E-state index contributed by atoms with van der Waals surface area (Å²) in [5.74, 6) is 0. The Morgan fingerprint density at radius 1 is 1.32 bits per heavy atom. The highest BCUT2D eigenvalue weighted by atomic mass is 19.4. The second kappa shape index (κ2) is 5.73. The molecule has 1 saturated heterocycles. The van der Waals surface area contributed by atoms with E-state index in [0.717, 1.165) is 11.8 Å². The Morgan fingerprint density at radius 3 is 2.82 bits per heavy atom. The van der Waals surface area contributed by atoms with E-state index in [1.54, 1.807) is 12.3 Å². The Balaban J connectivity index is 1.85. The third-order valence-corrected chi connectivity index (χ3v) is 3.91. The van der Waals surface area contributed by atoms with Gasteiger partial charge in [0.15, 0.2) is 0 Å². The molecule has 2 aromatic rings. The molecule has 7 heteroatoms. The number of aliphatic hydroxyl groups excluding tert-OH is 1. The first-order chi connectivity index (χ1) is 10.4. The van der Waals surface area contributed by atoms with E-state index >= 15 is 0 Å². The van der Waals surface area contributed by atoms with E-state index in [9.17, 15) is 18.3 Å². The van der Waals surface area contributed by atoms with Gasteiger partial charge in [0.05, 0.1) is 11.7 Å². The van der Waals surface area contributed by atoms with Crippen LogP contribution in [-0.2, 0) is 12.7 Å². The number of hydrogen-bond donors (Lipinski definition) is 2. The molecule has 1 aliphatic rings. The molecule has 4 nitrogen and oxygen atoms in total. The van der Waals surface area contributed by atoms with Gasteiger partial charge in [-0.15, -0.1) is 0 Å². The van der Waals surface area contributed by atoms with Gasteiger partial charge in [-0.1, -0.05) is 12.1 Å². The van der Waals surface area contributed by atoms with Crippen LogP contribution in [0.3, 0.4) is 0 Å². The molecule has 3 rings (SSSR count). The summed E-state index contributed by atoms with van der Waals surface area (Å²) in [6.45, 7) is 0.942. The maximum atomic E-state index is 12.9. The molecular weight excluding hydrogens is 295 g/mol. The van der Waals surface area contributed by atoms with E-state index in [-0.39, 0.29) is 6.04 Å². The van der Waals surface area contributed by atoms with Crippen LogP contribution in [0.25, 0.3) is 0 Å². The van der Waals surface area contributed by atoms with Crippen LogP contribution in [0.15, 0.2) is 36.5 Å². The molecule has 1 fully saturated rings. The van der Waals surface area contributed by atoms with Gasteiger partial charge in [0.25, 0.3) is 0 Å². The Bertz CT molecular complexity index is 627. The Morgan fingerprint density at radius 2 is 2.14 bits per heavy atom. The molecule has 0 radical (unpaired) electrons. The van der Waals surface area contributed by atoms with E-state index < -0.39 is 17.8 Å². The summed E-state index contributed by atoms with van der Waals surface area (Å²) < 4.78 is 38.6. The van der Waals surface area contributed by atoms with Gasteiger partial charge < -0.3 is 5.11 Å². The van der Waals surface area contributed by atoms with Crippen LogP contribution in [0.1, 0.15) is 29.3 Å². The molecular formula is C15H16F3N3O. The Kier molecular flexibility index (Phi) is 3.92. The fourth-order valence-corrected chi connectivity index (χ4v) is 2.91. The normalized spacial score (nSPS) is 23.1. The number of aromatic amines is 1. The van der Waals surface area contributed by atoms with Crippen molar-refractivity contribution in [1.82, 2.24) is 15.1 Å². The summed E-state index contributed by atoms with van der Waals surface area (Å²) in [4.78, 5) is 1.97. The summed E-state index contributed by atoms with van der Waals surface area (Å²) in [7, 11) is 0. The summed E-state index contributed by atoms with van der Waals surface area (Å²) in [6.07, 6.45) is -2.85. The van der Waals surface area contributed by atoms with E-state index in [0.29, 0.717) is 25.1 Å². The van der Waals surface area contributed by atoms with Gasteiger partial charge >= 0.3 is 6.18 Å². The van der Waals surface area contributed by atoms with E-state index in [2.05, 4.69) is 10.2 Å². The number of aliphatic hydroxyl groups is 1. The molecule has 22 heavy (non-hydrogen) atoms. The predicted octanol–water partition coefficient (Wildman–Crippen LogP) is 2.74. The Labute approximate surface area is 125 Å². The molecule has 1 aromatic heterocycles. The fourth-order valence-electron chi connectivity index (χ4n) is 2.91. The van der Waals surface area contributed by atoms with Crippen molar-refractivity contribution in [3.05, 3.63) is 53.3 Å². The van der Waals surface area contributed by atoms with Gasteiger partial charge in [-0.05, 0) is 30.2 Å². The van der Waals surface area contributed by atoms with Crippen LogP contribution >= 0.6 is 0 Å². The number of benzene rings is 1. The SMILES string of the molecule is OC1CC(c2cccc(C(F)(F)F)c2)N(Cc2ccn[nH]2)C1. The van der Waals surface area contributed by atoms with Gasteiger partial charge in [0.1, 0.15) is 0 Å². The number of halogens is 3. The van der Waals surface area contributed by atoms with Crippen molar-refractivity contribution >= 4 is 0 Å². The first kappa shape index (κ1) is 15.1. The number of nitrogens with zero attached hydrogens (tertiary/aromatic N) is 2. The molecule has 1 aliphatic heterocycles. The molecule has 118 valence electrons. The van der Waals surface area contributed by atoms with Crippen LogP contribution in [0, 0.1) is 0 Å². The highest BCUT2D eigenvalue weighted by molar-refractivity contribution is 5.29. The third-order valence-electron chi connectivity index (χ3n) is 3.91. The molecule has 2 unspecified atom stereocenters. The first-order valence-corrected chi connectivity index (χ1v) is 7.01. The minimum atomic E-state index is -4.36. The summed E-state index contributed by atoms with van der Waals surface area (Å²) >= 11 is 0. The number of β-amino-alcohol motifs (C(OH)–C–C–N with tert-alkyl or cyclic N) is 1. The standard InChI is InChI=1S/C15H16F3N3O/c16-15(17,18)11-3-1-2-10(6-11)14-7-13(22)9-21(14)8-12-4-5-19-20-12/h1-6,13-14,22H,7-9H2,(H,19,20). The lowest BCUT2D eigenvalue weighted by atomic mass is 10.0. The number of hydrogen-bond acceptors (Lipinski definition) is 3. The number of H-pyrrole nitrogens is 1. The molecule has 2 N–H and O–H groups in total. The van der Waals surface area contributed by atoms with Gasteiger partial charge in [0, 0.05) is 31.0 Å². The van der Waals surface area contributed by atoms with Crippen LogP contribution < -0.4 is 0 Å². The average Bonchev–Trinajstić information content (AvgIpc) is 3.08. The lowest BCUT2D eigenvalue weighted by Crippen LogP contribution is -2.24. The summed E-state index contributed by atoms with van der Waals surface area (Å²) in [6, 6.07) is 6.90. The fraction of sp³-hybridized carbons (Fsp3) is 0.400. The maximum absolute atomic E-state index is 12.9. The van der Waals surface area contributed by atoms with Crippen molar-refractivity contribution in [3.8, 4) is 0 Å². The number of alkyl halides is 3. The highest BCUT2D eigenvalue weighted by Gasteiger charge is 2.35. The van der Waals surface area contributed by atoms with Crippen molar-refractivity contribution in [2.75, 3.05) is 6.54 Å². The zero-order valence-electron chi connectivity index (χ0n) is 11.7. The smallest absolute Gasteiger partial charge is 0.392 e. The number of likely N-dealkylation sites (tertiary alicyclic amines) is 1. The predicted molar refractivity (Wildman–Crippen MR) is 73.8 cm³/mol. The lowest BCUT2D eigenvalue weighted by molar-refractivity contribution is -0.137. The van der Waals surface area contributed by atoms with Gasteiger partial charge in [-0.25, -0.2) is 0 Å². The van der Waals surface area contributed by atoms with Crippen molar-refractivity contribution in [3.63, 3.8) is 0 Å². The van der Waals surface area contributed by atoms with Crippen molar-refractivity contribution in [2.45, 2.75) is 31.3 Å². The molecule has 0 bridgehead atoms. The topological polar surface area (TPSA) is 52.1 Å². The summed E-state index contributed by atoms with van der Waals surface area (Å²) in [5, 5.41) is 16.6. The van der Waals surface area contributed by atoms with E-state index in [1.807, 2.05) is 11.0 Å². The maximum Gasteiger partial charge on any atom is 0.416 e. The molecule has 2 heterocycles. The zero-order chi connectivity index (χ0) is 15.7. The third kappa shape index (κ3) is 3.15. The second-order valence-electron chi connectivity index (χ2n) is 5.54. The molecule has 1 aromatic carbocycles. The number of rotatable bonds is 3. The minimum Gasteiger partial charge on any atom is -0.392 e. The molecule has 2 atom stereocenters. The lowest BCUT2D eigenvalue weighted by Gasteiger charge is -2.24. The molecule has 0 spiro atoms. The van der Waals surface area contributed by atoms with Gasteiger partial charge in [-0.3, -0.25) is 10.00 Å². The monoisotopic (exact) mass is 311 g/mol. The Hall–Kier alpha value is -1.86. The highest BCUT2D eigenvalue weighted by Crippen LogP contribution is 2.36. The van der Waals surface area contributed by atoms with Crippen LogP contribution in [0.5, 0.6) is 0 Å². The van der Waals surface area contributed by atoms with Crippen molar-refractivity contribution in [2.24, 2.45) is 0 Å². The van der Waals surface area contributed by atoms with Crippen molar-refractivity contribution in [1.29, 1.82) is 0 Å². The molecule has 0 saturated carbocycles. The second-order valence-corrected chi connectivity index (χ2v) is 5.54. The van der Waals surface area contributed by atoms with Crippen LogP contribution in [-0.4, -0.2) is 32.9 Å². The van der Waals surface area contributed by atoms with Crippen LogP contribution in [0.2, 0.25) is 0 Å². The number of nitrogens with one attached hydrogen (secondary N) is 1. The average molecular weight is 311 g/mol. The van der Waals surface area contributed by atoms with Gasteiger partial charge in [-0.2, -0.15) is 18.3 Å². The number of aromatic nitrogens is 2. The summed E-state index contributed by atoms with van der Waals surface area (Å²) in [5.41, 5.74) is 0.782. The largest absolute Gasteiger partial charge is 0.416 e. The minimum absolute atomic E-state index is 0.236. The van der Waals surface area contributed by atoms with Gasteiger partial charge in [0.2, 0.25) is 0 Å². The van der Waals surface area contributed by atoms with Crippen molar-refractivity contribution < 1.29 is 18.3 Å². The molecule has 0 aliphatic carbocycles. The first-order valence-electron chi connectivity index (χ1n) is 7.01. The zero-order valence-corrected chi connectivity index (χ0v) is 11.7. The van der Waals surface area contributed by atoms with Crippen LogP contribution in [0.4, 0.5) is 13.2 Å². The molecule has 0 amide bonds.